The Bertz CT molecular complexity index is 341. The first-order valence-electron chi connectivity index (χ1n) is 3.50. The van der Waals surface area contributed by atoms with E-state index in [-0.39, 0.29) is 12.2 Å². The van der Waals surface area contributed by atoms with E-state index in [0.717, 1.165) is 5.56 Å². The number of phenolic OH excluding ortho intramolecular Hbond substituents is 1. The molecule has 1 rings (SSSR count). The van der Waals surface area contributed by atoms with Crippen LogP contribution in [0.5, 0.6) is 5.75 Å². The van der Waals surface area contributed by atoms with E-state index in [1.165, 1.54) is 12.1 Å². The Kier molecular flexibility index (Phi) is 2.29. The molecule has 12 heavy (non-hydrogen) atoms. The molecule has 0 aliphatic heterocycles. The summed E-state index contributed by atoms with van der Waals surface area (Å²) >= 11 is 0. The molecule has 0 saturated carbocycles. The van der Waals surface area contributed by atoms with Crippen LogP contribution in [0.3, 0.4) is 0 Å². The number of aryl methyl sites for hydroxylation is 1. The van der Waals surface area contributed by atoms with Crippen LogP contribution in [-0.2, 0) is 6.42 Å². The standard InChI is InChI=1S/C9H8FNO/c1-6-4-9(12)8(10)5-7(6)2-3-11/h4-5,12H,2H2,1H3. The topological polar surface area (TPSA) is 44.0 Å². The Morgan fingerprint density at radius 3 is 2.83 bits per heavy atom. The lowest BCUT2D eigenvalue weighted by molar-refractivity contribution is 0.431. The second kappa shape index (κ2) is 3.22. The molecule has 2 nitrogen and oxygen atoms in total. The van der Waals surface area contributed by atoms with Crippen LogP contribution in [0.2, 0.25) is 0 Å². The smallest absolute Gasteiger partial charge is 0.165 e. The molecule has 0 atom stereocenters. The van der Waals surface area contributed by atoms with Gasteiger partial charge in [0.05, 0.1) is 12.5 Å². The lowest BCUT2D eigenvalue weighted by Gasteiger charge is -2.02. The number of hydrogen-bond donors (Lipinski definition) is 1. The minimum Gasteiger partial charge on any atom is -0.505 e. The summed E-state index contributed by atoms with van der Waals surface area (Å²) in [5, 5.41) is 17.3. The summed E-state index contributed by atoms with van der Waals surface area (Å²) in [7, 11) is 0. The maximum atomic E-state index is 12.7. The van der Waals surface area contributed by atoms with E-state index in [0.29, 0.717) is 5.56 Å². The lowest BCUT2D eigenvalue weighted by Crippen LogP contribution is -1.89. The summed E-state index contributed by atoms with van der Waals surface area (Å²) in [5.74, 6) is -1.04. The number of phenols is 1. The molecule has 0 fully saturated rings. The molecule has 0 spiro atoms. The van der Waals surface area contributed by atoms with Gasteiger partial charge in [-0.2, -0.15) is 5.26 Å². The summed E-state index contributed by atoms with van der Waals surface area (Å²) < 4.78 is 12.7. The number of halogens is 1. The average Bonchev–Trinajstić information content (AvgIpc) is 2.01. The molecule has 3 heteroatoms. The fourth-order valence-corrected chi connectivity index (χ4v) is 0.983. The minimum absolute atomic E-state index is 0.170. The van der Waals surface area contributed by atoms with Crippen molar-refractivity contribution in [3.05, 3.63) is 29.1 Å². The van der Waals surface area contributed by atoms with Crippen LogP contribution in [0, 0.1) is 24.1 Å². The SMILES string of the molecule is Cc1cc(O)c(F)cc1CC#N. The highest BCUT2D eigenvalue weighted by atomic mass is 19.1. The Balaban J connectivity index is 3.16. The van der Waals surface area contributed by atoms with Gasteiger partial charge in [0, 0.05) is 0 Å². The van der Waals surface area contributed by atoms with Crippen LogP contribution < -0.4 is 0 Å². The molecular weight excluding hydrogens is 157 g/mol. The number of nitrogens with zero attached hydrogens (tertiary/aromatic N) is 1. The second-order valence-electron chi connectivity index (χ2n) is 2.56. The molecule has 0 amide bonds. The predicted octanol–water partition coefficient (Wildman–Crippen LogP) is 1.91. The monoisotopic (exact) mass is 165 g/mol. The van der Waals surface area contributed by atoms with Gasteiger partial charge in [0.2, 0.25) is 0 Å². The van der Waals surface area contributed by atoms with Gasteiger partial charge in [0.25, 0.3) is 0 Å². The Morgan fingerprint density at radius 2 is 2.25 bits per heavy atom. The van der Waals surface area contributed by atoms with Crippen molar-refractivity contribution in [3.8, 4) is 11.8 Å². The molecule has 0 aliphatic rings. The summed E-state index contributed by atoms with van der Waals surface area (Å²) in [6.45, 7) is 1.73. The fourth-order valence-electron chi connectivity index (χ4n) is 0.983. The van der Waals surface area contributed by atoms with E-state index in [1.54, 1.807) is 6.92 Å². The number of nitriles is 1. The molecule has 1 aromatic carbocycles. The Hall–Kier alpha value is -1.56. The first kappa shape index (κ1) is 8.54. The third-order valence-corrected chi connectivity index (χ3v) is 1.67. The molecular formula is C9H8FNO. The number of hydrogen-bond acceptors (Lipinski definition) is 2. The third kappa shape index (κ3) is 1.54. The van der Waals surface area contributed by atoms with Crippen molar-refractivity contribution in [3.63, 3.8) is 0 Å². The largest absolute Gasteiger partial charge is 0.505 e. The average molecular weight is 165 g/mol. The molecule has 0 bridgehead atoms. The van der Waals surface area contributed by atoms with E-state index >= 15 is 0 Å². The lowest BCUT2D eigenvalue weighted by atomic mass is 10.1. The van der Waals surface area contributed by atoms with Crippen LogP contribution in [0.1, 0.15) is 11.1 Å². The second-order valence-corrected chi connectivity index (χ2v) is 2.56. The summed E-state index contributed by atoms with van der Waals surface area (Å²) in [5.41, 5.74) is 1.35. The highest BCUT2D eigenvalue weighted by Crippen LogP contribution is 2.20. The molecule has 0 aromatic heterocycles. The molecule has 1 N–H and O–H groups in total. The highest BCUT2D eigenvalue weighted by Gasteiger charge is 2.04. The maximum Gasteiger partial charge on any atom is 0.165 e. The summed E-state index contributed by atoms with van der Waals surface area (Å²) in [6.07, 6.45) is 0.170. The van der Waals surface area contributed by atoms with Crippen molar-refractivity contribution in [2.75, 3.05) is 0 Å². The van der Waals surface area contributed by atoms with Gasteiger partial charge in [-0.25, -0.2) is 4.39 Å². The molecule has 0 saturated heterocycles. The third-order valence-electron chi connectivity index (χ3n) is 1.67. The van der Waals surface area contributed by atoms with E-state index in [1.807, 2.05) is 6.07 Å². The number of aromatic hydroxyl groups is 1. The first-order valence-corrected chi connectivity index (χ1v) is 3.50. The zero-order valence-electron chi connectivity index (χ0n) is 6.63. The van der Waals surface area contributed by atoms with Crippen molar-refractivity contribution >= 4 is 0 Å². The van der Waals surface area contributed by atoms with Crippen LogP contribution in [-0.4, -0.2) is 5.11 Å². The fraction of sp³-hybridized carbons (Fsp3) is 0.222. The highest BCUT2D eigenvalue weighted by molar-refractivity contribution is 5.36. The molecule has 1 aromatic rings. The quantitative estimate of drug-likeness (QED) is 0.690. The zero-order chi connectivity index (χ0) is 9.14. The van der Waals surface area contributed by atoms with Crippen LogP contribution in [0.25, 0.3) is 0 Å². The summed E-state index contributed by atoms with van der Waals surface area (Å²) in [6, 6.07) is 4.43. The molecule has 62 valence electrons. The van der Waals surface area contributed by atoms with Gasteiger partial charge < -0.3 is 5.11 Å². The number of benzene rings is 1. The van der Waals surface area contributed by atoms with E-state index in [9.17, 15) is 4.39 Å². The van der Waals surface area contributed by atoms with Gasteiger partial charge in [0.15, 0.2) is 11.6 Å². The Morgan fingerprint density at radius 1 is 1.58 bits per heavy atom. The van der Waals surface area contributed by atoms with Crippen molar-refractivity contribution in [2.24, 2.45) is 0 Å². The minimum atomic E-state index is -0.675. The van der Waals surface area contributed by atoms with Gasteiger partial charge >= 0.3 is 0 Å². The van der Waals surface area contributed by atoms with Crippen LogP contribution >= 0.6 is 0 Å². The van der Waals surface area contributed by atoms with E-state index in [2.05, 4.69) is 0 Å². The molecule has 0 radical (unpaired) electrons. The van der Waals surface area contributed by atoms with Crippen molar-refractivity contribution < 1.29 is 9.50 Å². The molecule has 0 heterocycles. The normalized spacial score (nSPS) is 9.42. The Labute approximate surface area is 69.9 Å². The van der Waals surface area contributed by atoms with Gasteiger partial charge in [-0.3, -0.25) is 0 Å². The predicted molar refractivity (Wildman–Crippen MR) is 42.1 cm³/mol. The van der Waals surface area contributed by atoms with Crippen molar-refractivity contribution in [1.82, 2.24) is 0 Å². The summed E-state index contributed by atoms with van der Waals surface area (Å²) in [4.78, 5) is 0. The van der Waals surface area contributed by atoms with Gasteiger partial charge in [-0.15, -0.1) is 0 Å². The van der Waals surface area contributed by atoms with E-state index in [4.69, 9.17) is 10.4 Å². The molecule has 0 aliphatic carbocycles. The van der Waals surface area contributed by atoms with Gasteiger partial charge in [-0.05, 0) is 30.2 Å². The number of rotatable bonds is 1. The van der Waals surface area contributed by atoms with Gasteiger partial charge in [0.1, 0.15) is 0 Å². The first-order chi connectivity index (χ1) is 5.65. The van der Waals surface area contributed by atoms with Gasteiger partial charge in [-0.1, -0.05) is 0 Å². The van der Waals surface area contributed by atoms with Crippen molar-refractivity contribution in [1.29, 1.82) is 5.26 Å². The van der Waals surface area contributed by atoms with Crippen LogP contribution in [0.15, 0.2) is 12.1 Å². The maximum absolute atomic E-state index is 12.7. The van der Waals surface area contributed by atoms with E-state index < -0.39 is 5.82 Å². The van der Waals surface area contributed by atoms with Crippen molar-refractivity contribution in [2.45, 2.75) is 13.3 Å². The van der Waals surface area contributed by atoms with Crippen LogP contribution in [0.4, 0.5) is 4.39 Å². The zero-order valence-corrected chi connectivity index (χ0v) is 6.63. The molecule has 0 unspecified atom stereocenters.